The van der Waals surface area contributed by atoms with Gasteiger partial charge in [-0.2, -0.15) is 13.2 Å². The Morgan fingerprint density at radius 2 is 1.40 bits per heavy atom. The van der Waals surface area contributed by atoms with Gasteiger partial charge in [-0.05, 0) is 41.3 Å². The molecule has 0 spiro atoms. The topological polar surface area (TPSA) is 44.2 Å². The first-order valence-corrected chi connectivity index (χ1v) is 10.9. The van der Waals surface area contributed by atoms with Crippen molar-refractivity contribution in [1.29, 1.82) is 0 Å². The fourth-order valence-corrected chi connectivity index (χ4v) is 3.49. The molecule has 0 bridgehead atoms. The summed E-state index contributed by atoms with van der Waals surface area (Å²) in [4.78, 5) is 0. The molecule has 0 aliphatic rings. The van der Waals surface area contributed by atoms with Crippen LogP contribution in [0.3, 0.4) is 0 Å². The SMILES string of the molecule is C=C(c1cc(OCc2ccccc2)c(OCc2ccccc2)nn1)c1ccc(C(F)(F)F)cc1C. The first kappa shape index (κ1) is 24.0. The zero-order valence-corrected chi connectivity index (χ0v) is 19.0. The lowest BCUT2D eigenvalue weighted by molar-refractivity contribution is -0.137. The molecule has 7 heteroatoms. The molecule has 178 valence electrons. The van der Waals surface area contributed by atoms with E-state index in [0.717, 1.165) is 23.3 Å². The van der Waals surface area contributed by atoms with Crippen LogP contribution in [0.5, 0.6) is 11.6 Å². The molecule has 0 amide bonds. The molecule has 4 aromatic rings. The first-order valence-electron chi connectivity index (χ1n) is 10.9. The van der Waals surface area contributed by atoms with Gasteiger partial charge in [0.15, 0.2) is 5.75 Å². The quantitative estimate of drug-likeness (QED) is 0.274. The normalized spacial score (nSPS) is 11.2. The lowest BCUT2D eigenvalue weighted by atomic mass is 9.97. The van der Waals surface area contributed by atoms with Gasteiger partial charge in [0.1, 0.15) is 13.2 Å². The molecule has 0 aliphatic heterocycles. The van der Waals surface area contributed by atoms with Crippen LogP contribution in [0.1, 0.15) is 33.5 Å². The minimum absolute atomic E-state index is 0.213. The Hall–Kier alpha value is -4.13. The summed E-state index contributed by atoms with van der Waals surface area (Å²) < 4.78 is 51.1. The van der Waals surface area contributed by atoms with E-state index >= 15 is 0 Å². The third-order valence-corrected chi connectivity index (χ3v) is 5.37. The molecule has 0 fully saturated rings. The van der Waals surface area contributed by atoms with Crippen LogP contribution in [0, 0.1) is 6.92 Å². The minimum atomic E-state index is -4.42. The van der Waals surface area contributed by atoms with Crippen molar-refractivity contribution in [2.45, 2.75) is 26.3 Å². The van der Waals surface area contributed by atoms with Gasteiger partial charge >= 0.3 is 6.18 Å². The summed E-state index contributed by atoms with van der Waals surface area (Å²) in [5.41, 5.74) is 2.98. The van der Waals surface area contributed by atoms with E-state index in [0.29, 0.717) is 28.1 Å². The van der Waals surface area contributed by atoms with Crippen LogP contribution >= 0.6 is 0 Å². The Labute approximate surface area is 201 Å². The van der Waals surface area contributed by atoms with Crippen LogP contribution in [-0.4, -0.2) is 10.2 Å². The van der Waals surface area contributed by atoms with Gasteiger partial charge in [0.25, 0.3) is 5.88 Å². The number of aryl methyl sites for hydroxylation is 1. The predicted molar refractivity (Wildman–Crippen MR) is 128 cm³/mol. The molecule has 1 heterocycles. The molecule has 4 rings (SSSR count). The molecule has 0 N–H and O–H groups in total. The zero-order chi connectivity index (χ0) is 24.8. The Balaban J connectivity index is 1.61. The maximum atomic E-state index is 13.1. The molecular formula is C28H23F3N2O2. The van der Waals surface area contributed by atoms with Crippen molar-refractivity contribution in [2.24, 2.45) is 0 Å². The Bertz CT molecular complexity index is 1310. The summed E-state index contributed by atoms with van der Waals surface area (Å²) in [6.07, 6.45) is -4.42. The second-order valence-corrected chi connectivity index (χ2v) is 7.95. The molecule has 3 aromatic carbocycles. The highest BCUT2D eigenvalue weighted by atomic mass is 19.4. The van der Waals surface area contributed by atoms with E-state index in [2.05, 4.69) is 16.8 Å². The van der Waals surface area contributed by atoms with E-state index in [1.807, 2.05) is 60.7 Å². The standard InChI is InChI=1S/C28H23F3N2O2/c1-19-15-23(28(29,30)31)13-14-24(19)20(2)25-16-26(34-17-21-9-5-3-6-10-21)27(33-32-25)35-18-22-11-7-4-8-12-22/h3-16H,2,17-18H2,1H3. The van der Waals surface area contributed by atoms with Crippen LogP contribution in [-0.2, 0) is 19.4 Å². The fraction of sp³-hybridized carbons (Fsp3) is 0.143. The van der Waals surface area contributed by atoms with Gasteiger partial charge in [0.05, 0.1) is 11.3 Å². The molecule has 0 saturated carbocycles. The lowest BCUT2D eigenvalue weighted by Crippen LogP contribution is -2.07. The van der Waals surface area contributed by atoms with Crippen molar-refractivity contribution in [1.82, 2.24) is 10.2 Å². The molecule has 0 unspecified atom stereocenters. The van der Waals surface area contributed by atoms with Gasteiger partial charge in [-0.15, -0.1) is 10.2 Å². The smallest absolute Gasteiger partial charge is 0.416 e. The van der Waals surface area contributed by atoms with Gasteiger partial charge < -0.3 is 9.47 Å². The summed E-state index contributed by atoms with van der Waals surface area (Å²) in [7, 11) is 0. The van der Waals surface area contributed by atoms with E-state index in [-0.39, 0.29) is 19.1 Å². The number of alkyl halides is 3. The number of ether oxygens (including phenoxy) is 2. The second-order valence-electron chi connectivity index (χ2n) is 7.95. The largest absolute Gasteiger partial charge is 0.483 e. The van der Waals surface area contributed by atoms with E-state index in [9.17, 15) is 13.2 Å². The maximum Gasteiger partial charge on any atom is 0.416 e. The van der Waals surface area contributed by atoms with Crippen LogP contribution < -0.4 is 9.47 Å². The van der Waals surface area contributed by atoms with Crippen LogP contribution in [0.15, 0.2) is 91.5 Å². The van der Waals surface area contributed by atoms with Gasteiger partial charge in [-0.3, -0.25) is 0 Å². The predicted octanol–water partition coefficient (Wildman–Crippen LogP) is 7.02. The molecule has 1 aromatic heterocycles. The Kier molecular flexibility index (Phi) is 7.15. The molecule has 0 aliphatic carbocycles. The van der Waals surface area contributed by atoms with Crippen LogP contribution in [0.2, 0.25) is 0 Å². The van der Waals surface area contributed by atoms with Crippen molar-refractivity contribution in [3.63, 3.8) is 0 Å². The minimum Gasteiger partial charge on any atom is -0.483 e. The van der Waals surface area contributed by atoms with Gasteiger partial charge in [-0.1, -0.05) is 73.3 Å². The third-order valence-electron chi connectivity index (χ3n) is 5.37. The average Bonchev–Trinajstić information content (AvgIpc) is 2.86. The van der Waals surface area contributed by atoms with E-state index in [1.54, 1.807) is 13.0 Å². The highest BCUT2D eigenvalue weighted by Crippen LogP contribution is 2.34. The number of aromatic nitrogens is 2. The molecule has 0 saturated heterocycles. The number of rotatable bonds is 8. The van der Waals surface area contributed by atoms with Crippen molar-refractivity contribution < 1.29 is 22.6 Å². The summed E-state index contributed by atoms with van der Waals surface area (Å²) >= 11 is 0. The van der Waals surface area contributed by atoms with Gasteiger partial charge in [0, 0.05) is 11.6 Å². The van der Waals surface area contributed by atoms with Crippen molar-refractivity contribution in [3.8, 4) is 11.6 Å². The van der Waals surface area contributed by atoms with Gasteiger partial charge in [-0.25, -0.2) is 0 Å². The highest BCUT2D eigenvalue weighted by Gasteiger charge is 2.30. The first-order chi connectivity index (χ1) is 16.8. The Morgan fingerprint density at radius 3 is 1.97 bits per heavy atom. The summed E-state index contributed by atoms with van der Waals surface area (Å²) in [6.45, 7) is 6.21. The third kappa shape index (κ3) is 6.06. The van der Waals surface area contributed by atoms with Crippen molar-refractivity contribution in [2.75, 3.05) is 0 Å². The number of halogens is 3. The van der Waals surface area contributed by atoms with E-state index < -0.39 is 11.7 Å². The number of hydrogen-bond acceptors (Lipinski definition) is 4. The van der Waals surface area contributed by atoms with Crippen LogP contribution in [0.25, 0.3) is 5.57 Å². The molecule has 4 nitrogen and oxygen atoms in total. The lowest BCUT2D eigenvalue weighted by Gasteiger charge is -2.15. The highest BCUT2D eigenvalue weighted by molar-refractivity contribution is 5.78. The molecule has 35 heavy (non-hydrogen) atoms. The maximum absolute atomic E-state index is 13.1. The number of hydrogen-bond donors (Lipinski definition) is 0. The summed E-state index contributed by atoms with van der Waals surface area (Å²) in [5, 5.41) is 8.42. The second kappa shape index (κ2) is 10.4. The summed E-state index contributed by atoms with van der Waals surface area (Å²) in [5.74, 6) is 0.575. The molecule has 0 radical (unpaired) electrons. The molecular weight excluding hydrogens is 453 g/mol. The zero-order valence-electron chi connectivity index (χ0n) is 19.0. The summed E-state index contributed by atoms with van der Waals surface area (Å²) in [6, 6.07) is 24.4. The number of benzene rings is 3. The monoisotopic (exact) mass is 476 g/mol. The number of nitrogens with zero attached hydrogens (tertiary/aromatic N) is 2. The fourth-order valence-electron chi connectivity index (χ4n) is 3.49. The van der Waals surface area contributed by atoms with E-state index in [1.165, 1.54) is 6.07 Å². The van der Waals surface area contributed by atoms with Crippen LogP contribution in [0.4, 0.5) is 13.2 Å². The van der Waals surface area contributed by atoms with Crippen molar-refractivity contribution >= 4 is 5.57 Å². The van der Waals surface area contributed by atoms with Gasteiger partial charge in [0.2, 0.25) is 0 Å². The van der Waals surface area contributed by atoms with E-state index in [4.69, 9.17) is 9.47 Å². The average molecular weight is 476 g/mol. The van der Waals surface area contributed by atoms with Crippen molar-refractivity contribution in [3.05, 3.63) is 125 Å². The molecule has 0 atom stereocenters. The Morgan fingerprint density at radius 1 is 0.800 bits per heavy atom.